The van der Waals surface area contributed by atoms with E-state index < -0.39 is 0 Å². The van der Waals surface area contributed by atoms with Gasteiger partial charge in [0.1, 0.15) is 5.69 Å². The van der Waals surface area contributed by atoms with Crippen LogP contribution in [0, 0.1) is 11.8 Å². The third kappa shape index (κ3) is 2.68. The standard InChI is InChI=1S/C19H28N4O3/c1-22-10-16(21-12-22)18(24)20-8-14-15-9-23(13-3-6-25-7-4-13)11-19(15)5-2-17(14)26-19/h10,12-15,17H,2-9,11H2,1H3,(H,20,24)/t14-,15+,17+,19+/m0/s1. The Morgan fingerprint density at radius 2 is 2.23 bits per heavy atom. The highest BCUT2D eigenvalue weighted by molar-refractivity contribution is 5.92. The van der Waals surface area contributed by atoms with E-state index in [-0.39, 0.29) is 11.5 Å². The molecule has 4 fully saturated rings. The molecule has 0 unspecified atom stereocenters. The second-order valence-corrected chi connectivity index (χ2v) is 8.44. The van der Waals surface area contributed by atoms with Gasteiger partial charge in [0.2, 0.25) is 0 Å². The quantitative estimate of drug-likeness (QED) is 0.861. The smallest absolute Gasteiger partial charge is 0.271 e. The Morgan fingerprint density at radius 1 is 1.38 bits per heavy atom. The number of ether oxygens (including phenoxy) is 2. The van der Waals surface area contributed by atoms with Crippen LogP contribution in [0.3, 0.4) is 0 Å². The fraction of sp³-hybridized carbons (Fsp3) is 0.789. The van der Waals surface area contributed by atoms with Crippen LogP contribution in [0.5, 0.6) is 0 Å². The van der Waals surface area contributed by atoms with Crippen LogP contribution >= 0.6 is 0 Å². The van der Waals surface area contributed by atoms with Crippen LogP contribution < -0.4 is 5.32 Å². The maximum atomic E-state index is 12.4. The van der Waals surface area contributed by atoms with Crippen molar-refractivity contribution < 1.29 is 14.3 Å². The van der Waals surface area contributed by atoms with Crippen LogP contribution in [0.25, 0.3) is 0 Å². The van der Waals surface area contributed by atoms with Crippen LogP contribution in [-0.2, 0) is 16.5 Å². The van der Waals surface area contributed by atoms with Gasteiger partial charge in [0.15, 0.2) is 0 Å². The van der Waals surface area contributed by atoms with E-state index in [1.807, 2.05) is 7.05 Å². The predicted octanol–water partition coefficient (Wildman–Crippen LogP) is 0.808. The van der Waals surface area contributed by atoms with Crippen LogP contribution in [0.15, 0.2) is 12.5 Å². The summed E-state index contributed by atoms with van der Waals surface area (Å²) in [6.07, 6.45) is 8.29. The molecule has 1 aromatic heterocycles. The first-order chi connectivity index (χ1) is 12.6. The number of aryl methyl sites for hydroxylation is 1. The van der Waals surface area contributed by atoms with Gasteiger partial charge in [-0.3, -0.25) is 9.69 Å². The van der Waals surface area contributed by atoms with Crippen LogP contribution in [0.1, 0.15) is 36.2 Å². The Bertz CT molecular complexity index is 686. The minimum Gasteiger partial charge on any atom is -0.381 e. The van der Waals surface area contributed by atoms with E-state index in [4.69, 9.17) is 9.47 Å². The monoisotopic (exact) mass is 360 g/mol. The molecule has 1 aromatic rings. The number of amides is 1. The van der Waals surface area contributed by atoms with Gasteiger partial charge in [-0.2, -0.15) is 0 Å². The molecule has 0 aromatic carbocycles. The SMILES string of the molecule is Cn1cnc(C(=O)NC[C@H]2[C@H]3CN(C4CCOCC4)C[C@]34CC[C@H]2O4)c1. The molecule has 5 rings (SSSR count). The van der Waals surface area contributed by atoms with Gasteiger partial charge in [0, 0.05) is 64.0 Å². The van der Waals surface area contributed by atoms with Gasteiger partial charge < -0.3 is 19.4 Å². The third-order valence-corrected chi connectivity index (χ3v) is 6.95. The molecule has 2 bridgehead atoms. The fourth-order valence-corrected chi connectivity index (χ4v) is 5.66. The van der Waals surface area contributed by atoms with Gasteiger partial charge in [-0.1, -0.05) is 0 Å². The normalized spacial score (nSPS) is 37.2. The summed E-state index contributed by atoms with van der Waals surface area (Å²) in [7, 11) is 1.88. The van der Waals surface area contributed by atoms with Crippen molar-refractivity contribution in [1.82, 2.24) is 19.8 Å². The van der Waals surface area contributed by atoms with Crippen LogP contribution in [0.2, 0.25) is 0 Å². The largest absolute Gasteiger partial charge is 0.381 e. The number of carbonyl (C=O) groups is 1. The molecule has 5 heterocycles. The summed E-state index contributed by atoms with van der Waals surface area (Å²) in [4.78, 5) is 19.2. The zero-order chi connectivity index (χ0) is 17.7. The number of hydrogen-bond donors (Lipinski definition) is 1. The molecule has 142 valence electrons. The van der Waals surface area contributed by atoms with Crippen molar-refractivity contribution in [3.8, 4) is 0 Å². The molecule has 4 aliphatic heterocycles. The topological polar surface area (TPSA) is 68.6 Å². The number of hydrogen-bond acceptors (Lipinski definition) is 5. The summed E-state index contributed by atoms with van der Waals surface area (Å²) in [6, 6.07) is 0.634. The highest BCUT2D eigenvalue weighted by Crippen LogP contribution is 2.55. The first-order valence-corrected chi connectivity index (χ1v) is 9.90. The van der Waals surface area contributed by atoms with Crippen molar-refractivity contribution in [1.29, 1.82) is 0 Å². The maximum absolute atomic E-state index is 12.4. The van der Waals surface area contributed by atoms with Crippen molar-refractivity contribution in [3.63, 3.8) is 0 Å². The van der Waals surface area contributed by atoms with Crippen molar-refractivity contribution >= 4 is 5.91 Å². The highest BCUT2D eigenvalue weighted by atomic mass is 16.5. The average Bonchev–Trinajstić information content (AvgIpc) is 3.40. The molecule has 7 heteroatoms. The summed E-state index contributed by atoms with van der Waals surface area (Å²) in [5.74, 6) is 0.871. The molecule has 0 aliphatic carbocycles. The van der Waals surface area contributed by atoms with Gasteiger partial charge in [-0.05, 0) is 25.7 Å². The van der Waals surface area contributed by atoms with E-state index in [9.17, 15) is 4.79 Å². The van der Waals surface area contributed by atoms with E-state index in [2.05, 4.69) is 15.2 Å². The van der Waals surface area contributed by atoms with E-state index in [1.165, 1.54) is 6.42 Å². The summed E-state index contributed by atoms with van der Waals surface area (Å²) in [5, 5.41) is 3.11. The van der Waals surface area contributed by atoms with E-state index in [0.717, 1.165) is 45.6 Å². The number of rotatable bonds is 4. The zero-order valence-corrected chi connectivity index (χ0v) is 15.4. The lowest BCUT2D eigenvalue weighted by atomic mass is 9.73. The second kappa shape index (κ2) is 6.32. The molecule has 0 radical (unpaired) electrons. The molecule has 26 heavy (non-hydrogen) atoms. The van der Waals surface area contributed by atoms with Gasteiger partial charge in [-0.25, -0.2) is 4.98 Å². The Labute approximate surface area is 154 Å². The van der Waals surface area contributed by atoms with Crippen molar-refractivity contribution in [2.45, 2.75) is 43.4 Å². The molecule has 4 aliphatic rings. The Balaban J connectivity index is 1.25. The summed E-state index contributed by atoms with van der Waals surface area (Å²) < 4.78 is 13.8. The predicted molar refractivity (Wildman–Crippen MR) is 94.8 cm³/mol. The molecule has 1 spiro atoms. The maximum Gasteiger partial charge on any atom is 0.271 e. The minimum absolute atomic E-state index is 0.0311. The Hall–Kier alpha value is -1.44. The van der Waals surface area contributed by atoms with Crippen LogP contribution in [-0.4, -0.2) is 71.0 Å². The van der Waals surface area contributed by atoms with Gasteiger partial charge in [0.25, 0.3) is 5.91 Å². The highest BCUT2D eigenvalue weighted by Gasteiger charge is 2.63. The Morgan fingerprint density at radius 3 is 3.00 bits per heavy atom. The van der Waals surface area contributed by atoms with Gasteiger partial charge in [-0.15, -0.1) is 0 Å². The van der Waals surface area contributed by atoms with Gasteiger partial charge >= 0.3 is 0 Å². The van der Waals surface area contributed by atoms with Crippen LogP contribution in [0.4, 0.5) is 0 Å². The average molecular weight is 360 g/mol. The molecule has 1 amide bonds. The van der Waals surface area contributed by atoms with Crippen molar-refractivity contribution in [2.24, 2.45) is 18.9 Å². The summed E-state index contributed by atoms with van der Waals surface area (Å²) in [6.45, 7) is 4.61. The first-order valence-electron chi connectivity index (χ1n) is 9.90. The third-order valence-electron chi connectivity index (χ3n) is 6.95. The first kappa shape index (κ1) is 16.7. The molecular weight excluding hydrogens is 332 g/mol. The lowest BCUT2D eigenvalue weighted by Crippen LogP contribution is -2.42. The molecular formula is C19H28N4O3. The number of nitrogens with one attached hydrogen (secondary N) is 1. The zero-order valence-electron chi connectivity index (χ0n) is 15.4. The second-order valence-electron chi connectivity index (χ2n) is 8.44. The molecule has 4 saturated heterocycles. The Kier molecular flexibility index (Phi) is 4.06. The number of likely N-dealkylation sites (tertiary alicyclic amines) is 1. The molecule has 0 saturated carbocycles. The number of nitrogens with zero attached hydrogens (tertiary/aromatic N) is 3. The summed E-state index contributed by atoms with van der Waals surface area (Å²) in [5.41, 5.74) is 0.519. The van der Waals surface area contributed by atoms with E-state index in [1.54, 1.807) is 17.1 Å². The minimum atomic E-state index is -0.0818. The van der Waals surface area contributed by atoms with E-state index in [0.29, 0.717) is 36.2 Å². The van der Waals surface area contributed by atoms with Crippen molar-refractivity contribution in [2.75, 3.05) is 32.8 Å². The molecule has 1 N–H and O–H groups in total. The number of imidazole rings is 1. The molecule has 4 atom stereocenters. The lowest BCUT2D eigenvalue weighted by molar-refractivity contribution is -0.0122. The molecule has 7 nitrogen and oxygen atoms in total. The van der Waals surface area contributed by atoms with E-state index >= 15 is 0 Å². The van der Waals surface area contributed by atoms with Crippen molar-refractivity contribution in [3.05, 3.63) is 18.2 Å². The summed E-state index contributed by atoms with van der Waals surface area (Å²) >= 11 is 0. The number of aromatic nitrogens is 2. The van der Waals surface area contributed by atoms with Gasteiger partial charge in [0.05, 0.1) is 18.0 Å². The number of carbonyl (C=O) groups excluding carboxylic acids is 1. The number of fused-ring (bicyclic) bond motifs is 1. The lowest BCUT2D eigenvalue weighted by Gasteiger charge is -2.32. The fourth-order valence-electron chi connectivity index (χ4n) is 5.66.